The van der Waals surface area contributed by atoms with Gasteiger partial charge in [-0.2, -0.15) is 5.10 Å². The predicted octanol–water partition coefficient (Wildman–Crippen LogP) is 0.480. The molecule has 0 amide bonds. The molecule has 0 aromatic carbocycles. The van der Waals surface area contributed by atoms with Crippen LogP contribution in [0.4, 0.5) is 5.82 Å². The molecule has 2 N–H and O–H groups in total. The van der Waals surface area contributed by atoms with E-state index in [1.54, 1.807) is 28.8 Å². The second-order valence-corrected chi connectivity index (χ2v) is 3.83. The average molecular weight is 222 g/mol. The van der Waals surface area contributed by atoms with Gasteiger partial charge in [0.1, 0.15) is 12.1 Å². The van der Waals surface area contributed by atoms with Gasteiger partial charge in [0.15, 0.2) is 5.16 Å². The Labute approximate surface area is 90.9 Å². The first-order chi connectivity index (χ1) is 7.25. The number of nitrogens with two attached hydrogens (primary N) is 1. The zero-order valence-electron chi connectivity index (χ0n) is 8.16. The molecule has 0 fully saturated rings. The normalized spacial score (nSPS) is 10.5. The van der Waals surface area contributed by atoms with Crippen molar-refractivity contribution in [1.82, 2.24) is 24.7 Å². The number of aryl methyl sites for hydroxylation is 1. The first kappa shape index (κ1) is 9.91. The quantitative estimate of drug-likeness (QED) is 0.760. The standard InChI is InChI=1S/C8H10N6S/c1-14-8(12-5-13-14)15-4-6-2-11-7(9)3-10-6/h2-3,5H,4H2,1H3,(H2,9,11). The number of thioether (sulfide) groups is 1. The maximum Gasteiger partial charge on any atom is 0.186 e. The molecule has 0 saturated heterocycles. The largest absolute Gasteiger partial charge is 0.382 e. The fourth-order valence-electron chi connectivity index (χ4n) is 0.994. The minimum absolute atomic E-state index is 0.433. The summed E-state index contributed by atoms with van der Waals surface area (Å²) in [6.45, 7) is 0. The minimum atomic E-state index is 0.433. The van der Waals surface area contributed by atoms with Crippen LogP contribution in [0.15, 0.2) is 23.9 Å². The summed E-state index contributed by atoms with van der Waals surface area (Å²) in [5.41, 5.74) is 6.31. The summed E-state index contributed by atoms with van der Waals surface area (Å²) >= 11 is 1.56. The molecule has 0 unspecified atom stereocenters. The van der Waals surface area contributed by atoms with E-state index in [0.717, 1.165) is 10.9 Å². The van der Waals surface area contributed by atoms with E-state index in [1.165, 1.54) is 6.33 Å². The zero-order valence-corrected chi connectivity index (χ0v) is 8.98. The zero-order chi connectivity index (χ0) is 10.7. The lowest BCUT2D eigenvalue weighted by atomic mass is 10.5. The van der Waals surface area contributed by atoms with E-state index in [0.29, 0.717) is 11.6 Å². The van der Waals surface area contributed by atoms with Gasteiger partial charge in [0.2, 0.25) is 0 Å². The van der Waals surface area contributed by atoms with E-state index < -0.39 is 0 Å². The number of nitrogen functional groups attached to an aromatic ring is 1. The molecule has 0 aliphatic rings. The van der Waals surface area contributed by atoms with E-state index in [1.807, 2.05) is 7.05 Å². The van der Waals surface area contributed by atoms with Gasteiger partial charge in [-0.05, 0) is 0 Å². The minimum Gasteiger partial charge on any atom is -0.382 e. The Hall–Kier alpha value is -1.63. The van der Waals surface area contributed by atoms with Crippen LogP contribution in [-0.4, -0.2) is 24.7 Å². The van der Waals surface area contributed by atoms with Crippen molar-refractivity contribution >= 4 is 17.6 Å². The Morgan fingerprint density at radius 2 is 2.20 bits per heavy atom. The molecule has 0 atom stereocenters. The molecule has 15 heavy (non-hydrogen) atoms. The molecule has 0 radical (unpaired) electrons. The Balaban J connectivity index is 1.99. The van der Waals surface area contributed by atoms with E-state index in [-0.39, 0.29) is 0 Å². The molecule has 6 nitrogen and oxygen atoms in total. The molecule has 2 heterocycles. The monoisotopic (exact) mass is 222 g/mol. The van der Waals surface area contributed by atoms with Gasteiger partial charge in [-0.3, -0.25) is 4.98 Å². The summed E-state index contributed by atoms with van der Waals surface area (Å²) in [5, 5.41) is 4.83. The predicted molar refractivity (Wildman–Crippen MR) is 57.0 cm³/mol. The molecule has 2 rings (SSSR count). The molecule has 2 aromatic rings. The highest BCUT2D eigenvalue weighted by molar-refractivity contribution is 7.98. The van der Waals surface area contributed by atoms with Crippen LogP contribution in [0.2, 0.25) is 0 Å². The lowest BCUT2D eigenvalue weighted by Crippen LogP contribution is -1.96. The van der Waals surface area contributed by atoms with Crippen LogP contribution in [0.5, 0.6) is 0 Å². The molecular weight excluding hydrogens is 212 g/mol. The van der Waals surface area contributed by atoms with Gasteiger partial charge in [0.05, 0.1) is 18.1 Å². The third-order valence-corrected chi connectivity index (χ3v) is 2.81. The highest BCUT2D eigenvalue weighted by atomic mass is 32.2. The van der Waals surface area contributed by atoms with Crippen LogP contribution in [0, 0.1) is 0 Å². The third-order valence-electron chi connectivity index (χ3n) is 1.74. The Bertz CT molecular complexity index is 437. The lowest BCUT2D eigenvalue weighted by Gasteiger charge is -1.99. The highest BCUT2D eigenvalue weighted by Crippen LogP contribution is 2.17. The molecule has 2 aromatic heterocycles. The number of nitrogens with zero attached hydrogens (tertiary/aromatic N) is 5. The van der Waals surface area contributed by atoms with Crippen molar-refractivity contribution < 1.29 is 0 Å². The fraction of sp³-hybridized carbons (Fsp3) is 0.250. The molecule has 0 aliphatic heterocycles. The van der Waals surface area contributed by atoms with Crippen LogP contribution >= 0.6 is 11.8 Å². The van der Waals surface area contributed by atoms with Gasteiger partial charge in [0, 0.05) is 12.8 Å². The molecule has 0 bridgehead atoms. The maximum atomic E-state index is 5.43. The van der Waals surface area contributed by atoms with Crippen molar-refractivity contribution in [3.8, 4) is 0 Å². The van der Waals surface area contributed by atoms with Gasteiger partial charge in [-0.15, -0.1) is 0 Å². The first-order valence-electron chi connectivity index (χ1n) is 4.29. The van der Waals surface area contributed by atoms with Gasteiger partial charge in [-0.1, -0.05) is 11.8 Å². The second kappa shape index (κ2) is 4.26. The third kappa shape index (κ3) is 2.44. The van der Waals surface area contributed by atoms with E-state index >= 15 is 0 Å². The Kier molecular flexibility index (Phi) is 2.82. The van der Waals surface area contributed by atoms with Crippen molar-refractivity contribution in [2.75, 3.05) is 5.73 Å². The van der Waals surface area contributed by atoms with Crippen molar-refractivity contribution in [2.45, 2.75) is 10.9 Å². The number of hydrogen-bond acceptors (Lipinski definition) is 6. The number of anilines is 1. The van der Waals surface area contributed by atoms with E-state index in [2.05, 4.69) is 20.1 Å². The maximum absolute atomic E-state index is 5.43. The smallest absolute Gasteiger partial charge is 0.186 e. The molecule has 0 saturated carbocycles. The summed E-state index contributed by atoms with van der Waals surface area (Å²) in [6, 6.07) is 0. The molecule has 0 aliphatic carbocycles. The molecule has 0 spiro atoms. The first-order valence-corrected chi connectivity index (χ1v) is 5.27. The second-order valence-electron chi connectivity index (χ2n) is 2.89. The summed E-state index contributed by atoms with van der Waals surface area (Å²) in [5.74, 6) is 1.14. The highest BCUT2D eigenvalue weighted by Gasteiger charge is 2.02. The van der Waals surface area contributed by atoms with Crippen molar-refractivity contribution in [3.05, 3.63) is 24.4 Å². The summed E-state index contributed by atoms with van der Waals surface area (Å²) in [4.78, 5) is 12.2. The number of rotatable bonds is 3. The SMILES string of the molecule is Cn1ncnc1SCc1cnc(N)cn1. The topological polar surface area (TPSA) is 82.5 Å². The molecule has 78 valence electrons. The summed E-state index contributed by atoms with van der Waals surface area (Å²) in [6.07, 6.45) is 4.74. The van der Waals surface area contributed by atoms with Crippen LogP contribution in [0.1, 0.15) is 5.69 Å². The van der Waals surface area contributed by atoms with E-state index in [4.69, 9.17) is 5.73 Å². The average Bonchev–Trinajstić information content (AvgIpc) is 2.63. The Morgan fingerprint density at radius 3 is 2.80 bits per heavy atom. The lowest BCUT2D eigenvalue weighted by molar-refractivity contribution is 0.685. The molecular formula is C8H10N6S. The van der Waals surface area contributed by atoms with Crippen LogP contribution < -0.4 is 5.73 Å². The van der Waals surface area contributed by atoms with Crippen LogP contribution in [-0.2, 0) is 12.8 Å². The van der Waals surface area contributed by atoms with Crippen LogP contribution in [0.3, 0.4) is 0 Å². The summed E-state index contributed by atoms with van der Waals surface area (Å²) in [7, 11) is 1.85. The van der Waals surface area contributed by atoms with Crippen LogP contribution in [0.25, 0.3) is 0 Å². The number of aromatic nitrogens is 5. The van der Waals surface area contributed by atoms with Gasteiger partial charge in [0.25, 0.3) is 0 Å². The molecule has 7 heteroatoms. The van der Waals surface area contributed by atoms with Gasteiger partial charge < -0.3 is 5.73 Å². The van der Waals surface area contributed by atoms with Crippen molar-refractivity contribution in [3.63, 3.8) is 0 Å². The number of hydrogen-bond donors (Lipinski definition) is 1. The van der Waals surface area contributed by atoms with Crippen molar-refractivity contribution in [2.24, 2.45) is 7.05 Å². The van der Waals surface area contributed by atoms with Crippen molar-refractivity contribution in [1.29, 1.82) is 0 Å². The Morgan fingerprint density at radius 1 is 1.33 bits per heavy atom. The van der Waals surface area contributed by atoms with Gasteiger partial charge >= 0.3 is 0 Å². The van der Waals surface area contributed by atoms with E-state index in [9.17, 15) is 0 Å². The fourth-order valence-corrected chi connectivity index (χ4v) is 1.78. The summed E-state index contributed by atoms with van der Waals surface area (Å²) < 4.78 is 1.72. The van der Waals surface area contributed by atoms with Gasteiger partial charge in [-0.25, -0.2) is 14.6 Å².